The minimum Gasteiger partial charge on any atom is -0.462 e. The Bertz CT molecular complexity index is 962. The maximum Gasteiger partial charge on any atom is 0.306 e. The predicted molar refractivity (Wildman–Crippen MR) is 266 cm³/mol. The number of unbranched alkanes of at least 4 members (excludes halogenated alkanes) is 38. The number of rotatable bonds is 51. The van der Waals surface area contributed by atoms with Gasteiger partial charge in [-0.15, -0.1) is 0 Å². The van der Waals surface area contributed by atoms with Gasteiger partial charge in [0.25, 0.3) is 0 Å². The summed E-state index contributed by atoms with van der Waals surface area (Å²) >= 11 is 0. The lowest BCUT2D eigenvalue weighted by atomic mass is 10.0. The number of esters is 3. The molecule has 0 aliphatic rings. The second-order valence-electron chi connectivity index (χ2n) is 18.9. The molecule has 0 aliphatic carbocycles. The van der Waals surface area contributed by atoms with E-state index in [2.05, 4.69) is 32.9 Å². The molecule has 0 rings (SSSR count). The molecule has 62 heavy (non-hydrogen) atoms. The molecule has 0 fully saturated rings. The summed E-state index contributed by atoms with van der Waals surface area (Å²) in [4.78, 5) is 38.0. The molecular weight excluding hydrogens is 769 g/mol. The van der Waals surface area contributed by atoms with Crippen molar-refractivity contribution in [3.05, 3.63) is 12.2 Å². The molecule has 0 aromatic heterocycles. The van der Waals surface area contributed by atoms with Crippen LogP contribution >= 0.6 is 0 Å². The average Bonchev–Trinajstić information content (AvgIpc) is 3.27. The van der Waals surface area contributed by atoms with Crippen LogP contribution in [0.15, 0.2) is 12.2 Å². The van der Waals surface area contributed by atoms with Crippen LogP contribution in [-0.2, 0) is 28.6 Å². The molecule has 0 aromatic carbocycles. The van der Waals surface area contributed by atoms with Crippen LogP contribution in [0.2, 0.25) is 0 Å². The van der Waals surface area contributed by atoms with Crippen LogP contribution in [0, 0.1) is 0 Å². The van der Waals surface area contributed by atoms with Crippen LogP contribution in [0.4, 0.5) is 0 Å². The highest BCUT2D eigenvalue weighted by molar-refractivity contribution is 5.71. The van der Waals surface area contributed by atoms with Gasteiger partial charge in [-0.1, -0.05) is 264 Å². The van der Waals surface area contributed by atoms with Gasteiger partial charge in [0, 0.05) is 19.3 Å². The van der Waals surface area contributed by atoms with Gasteiger partial charge < -0.3 is 14.2 Å². The predicted octanol–water partition coefficient (Wildman–Crippen LogP) is 18.2. The summed E-state index contributed by atoms with van der Waals surface area (Å²) in [6, 6.07) is 0. The second-order valence-corrected chi connectivity index (χ2v) is 18.9. The highest BCUT2D eigenvalue weighted by Gasteiger charge is 2.19. The Kier molecular flexibility index (Phi) is 50.2. The Balaban J connectivity index is 4.28. The van der Waals surface area contributed by atoms with Gasteiger partial charge in [0.1, 0.15) is 13.2 Å². The molecule has 6 nitrogen and oxygen atoms in total. The van der Waals surface area contributed by atoms with Gasteiger partial charge in [0.15, 0.2) is 6.10 Å². The number of ether oxygens (including phenoxy) is 3. The fourth-order valence-corrected chi connectivity index (χ4v) is 8.31. The molecule has 0 aromatic rings. The van der Waals surface area contributed by atoms with E-state index in [0.29, 0.717) is 19.3 Å². The summed E-state index contributed by atoms with van der Waals surface area (Å²) in [5.41, 5.74) is 0. The van der Waals surface area contributed by atoms with Crippen molar-refractivity contribution in [3.63, 3.8) is 0 Å². The van der Waals surface area contributed by atoms with Crippen molar-refractivity contribution >= 4 is 17.9 Å². The van der Waals surface area contributed by atoms with E-state index in [-0.39, 0.29) is 31.1 Å². The summed E-state index contributed by atoms with van der Waals surface area (Å²) in [7, 11) is 0. The van der Waals surface area contributed by atoms with Gasteiger partial charge in [0.05, 0.1) is 0 Å². The number of allylic oxidation sites excluding steroid dienone is 2. The molecule has 0 N–H and O–H groups in total. The highest BCUT2D eigenvalue weighted by Crippen LogP contribution is 2.17. The fraction of sp³-hybridized carbons (Fsp3) is 0.911. The molecule has 0 bridgehead atoms. The third-order valence-corrected chi connectivity index (χ3v) is 12.5. The lowest BCUT2D eigenvalue weighted by Gasteiger charge is -2.18. The molecule has 0 heterocycles. The first kappa shape index (κ1) is 60.2. The molecule has 1 unspecified atom stereocenters. The molecular formula is C56H106O6. The first-order valence-corrected chi connectivity index (χ1v) is 27.7. The van der Waals surface area contributed by atoms with Crippen molar-refractivity contribution < 1.29 is 28.6 Å². The molecule has 366 valence electrons. The highest BCUT2D eigenvalue weighted by atomic mass is 16.6. The van der Waals surface area contributed by atoms with Crippen molar-refractivity contribution in [3.8, 4) is 0 Å². The lowest BCUT2D eigenvalue weighted by molar-refractivity contribution is -0.167. The molecule has 1 atom stereocenters. The van der Waals surface area contributed by atoms with E-state index in [9.17, 15) is 14.4 Å². The third-order valence-electron chi connectivity index (χ3n) is 12.5. The zero-order valence-electron chi connectivity index (χ0n) is 41.9. The van der Waals surface area contributed by atoms with Crippen molar-refractivity contribution in [2.24, 2.45) is 0 Å². The smallest absolute Gasteiger partial charge is 0.306 e. The van der Waals surface area contributed by atoms with Crippen molar-refractivity contribution in [2.45, 2.75) is 316 Å². The van der Waals surface area contributed by atoms with Crippen LogP contribution in [0.5, 0.6) is 0 Å². The lowest BCUT2D eigenvalue weighted by Crippen LogP contribution is -2.30. The van der Waals surface area contributed by atoms with Gasteiger partial charge in [-0.25, -0.2) is 0 Å². The van der Waals surface area contributed by atoms with E-state index >= 15 is 0 Å². The molecule has 6 heteroatoms. The number of hydrogen-bond acceptors (Lipinski definition) is 6. The third kappa shape index (κ3) is 49.2. The Labute approximate surface area is 386 Å². The first-order chi connectivity index (χ1) is 30.5. The summed E-state index contributed by atoms with van der Waals surface area (Å²) in [5.74, 6) is -0.856. The number of carbonyl (C=O) groups is 3. The summed E-state index contributed by atoms with van der Waals surface area (Å²) in [6.07, 6.45) is 57.7. The fourth-order valence-electron chi connectivity index (χ4n) is 8.31. The van der Waals surface area contributed by atoms with Crippen LogP contribution < -0.4 is 0 Å². The largest absolute Gasteiger partial charge is 0.462 e. The van der Waals surface area contributed by atoms with Crippen LogP contribution in [-0.4, -0.2) is 37.2 Å². The van der Waals surface area contributed by atoms with Crippen LogP contribution in [0.1, 0.15) is 310 Å². The quantitative estimate of drug-likeness (QED) is 0.0262. The van der Waals surface area contributed by atoms with Crippen LogP contribution in [0.25, 0.3) is 0 Å². The minimum absolute atomic E-state index is 0.0668. The van der Waals surface area contributed by atoms with Crippen LogP contribution in [0.3, 0.4) is 0 Å². The maximum absolute atomic E-state index is 12.8. The van der Waals surface area contributed by atoms with Gasteiger partial charge in [0.2, 0.25) is 0 Å². The maximum atomic E-state index is 12.8. The normalized spacial score (nSPS) is 12.0. The van der Waals surface area contributed by atoms with E-state index in [1.54, 1.807) is 0 Å². The molecule has 0 saturated heterocycles. The summed E-state index contributed by atoms with van der Waals surface area (Å²) < 4.78 is 16.8. The van der Waals surface area contributed by atoms with E-state index in [1.165, 1.54) is 205 Å². The van der Waals surface area contributed by atoms with Crippen molar-refractivity contribution in [1.29, 1.82) is 0 Å². The molecule has 0 amide bonds. The van der Waals surface area contributed by atoms with E-state index in [1.807, 2.05) is 0 Å². The Hall–Kier alpha value is -1.85. The molecule has 0 radical (unpaired) electrons. The Morgan fingerprint density at radius 1 is 0.306 bits per heavy atom. The minimum atomic E-state index is -0.766. The van der Waals surface area contributed by atoms with E-state index in [4.69, 9.17) is 14.2 Å². The zero-order valence-corrected chi connectivity index (χ0v) is 41.9. The average molecular weight is 875 g/mol. The summed E-state index contributed by atoms with van der Waals surface area (Å²) in [6.45, 7) is 6.65. The standard InChI is InChI=1S/C56H106O6/c1-4-7-10-13-16-19-22-24-26-28-30-31-34-37-40-43-46-49-55(58)61-52-53(51-60-54(57)48-45-42-39-36-33-21-18-15-12-9-6-3)62-56(59)50-47-44-41-38-35-32-29-27-25-23-20-17-14-11-8-5-2/h15,18,53H,4-14,16-17,19-52H2,1-3H3/b18-15-. The number of carbonyl (C=O) groups excluding carboxylic acids is 3. The number of hydrogen-bond donors (Lipinski definition) is 0. The van der Waals surface area contributed by atoms with E-state index < -0.39 is 6.10 Å². The first-order valence-electron chi connectivity index (χ1n) is 27.7. The van der Waals surface area contributed by atoms with Gasteiger partial charge in [-0.3, -0.25) is 14.4 Å². The van der Waals surface area contributed by atoms with Gasteiger partial charge >= 0.3 is 17.9 Å². The van der Waals surface area contributed by atoms with E-state index in [0.717, 1.165) is 64.2 Å². The zero-order chi connectivity index (χ0) is 45.1. The van der Waals surface area contributed by atoms with Gasteiger partial charge in [-0.2, -0.15) is 0 Å². The topological polar surface area (TPSA) is 78.9 Å². The SMILES string of the molecule is CCCC/C=C\CCCCCCCC(=O)OCC(COC(=O)CCCCCCCCCCCCCCCCCCC)OC(=O)CCCCCCCCCCCCCCCCCC. The molecule has 0 aliphatic heterocycles. The van der Waals surface area contributed by atoms with Crippen molar-refractivity contribution in [1.82, 2.24) is 0 Å². The molecule has 0 spiro atoms. The second kappa shape index (κ2) is 51.8. The Morgan fingerprint density at radius 3 is 0.855 bits per heavy atom. The Morgan fingerprint density at radius 2 is 0.548 bits per heavy atom. The summed E-state index contributed by atoms with van der Waals surface area (Å²) in [5, 5.41) is 0. The van der Waals surface area contributed by atoms with Crippen molar-refractivity contribution in [2.75, 3.05) is 13.2 Å². The molecule has 0 saturated carbocycles. The monoisotopic (exact) mass is 875 g/mol. The van der Waals surface area contributed by atoms with Gasteiger partial charge in [-0.05, 0) is 38.5 Å².